The molecule has 0 radical (unpaired) electrons. The number of non-ortho nitro benzene ring substituents is 1. The lowest BCUT2D eigenvalue weighted by atomic mass is 10.2. The van der Waals surface area contributed by atoms with Crippen molar-refractivity contribution in [2.75, 3.05) is 0 Å². The van der Waals surface area contributed by atoms with Gasteiger partial charge in [-0.2, -0.15) is 0 Å². The van der Waals surface area contributed by atoms with Crippen LogP contribution >= 0.6 is 11.6 Å². The average molecular weight is 359 g/mol. The number of fused-ring (bicyclic) bond motifs is 1. The monoisotopic (exact) mass is 358 g/mol. The van der Waals surface area contributed by atoms with Gasteiger partial charge in [0.15, 0.2) is 5.69 Å². The van der Waals surface area contributed by atoms with Gasteiger partial charge >= 0.3 is 0 Å². The molecule has 0 fully saturated rings. The van der Waals surface area contributed by atoms with Crippen LogP contribution in [0.2, 0.25) is 5.02 Å². The van der Waals surface area contributed by atoms with Crippen LogP contribution in [0.5, 0.6) is 5.88 Å². The SMILES string of the molecule is Cn1c(O)c(N=NC(=O)c2cccc(Cl)c2)c2cc([N+](=O)[O-])ccc21. The van der Waals surface area contributed by atoms with E-state index in [0.29, 0.717) is 15.9 Å². The van der Waals surface area contributed by atoms with Crippen molar-refractivity contribution in [1.29, 1.82) is 0 Å². The van der Waals surface area contributed by atoms with Gasteiger partial charge in [-0.25, -0.2) is 0 Å². The van der Waals surface area contributed by atoms with Crippen molar-refractivity contribution in [1.82, 2.24) is 4.57 Å². The zero-order valence-electron chi connectivity index (χ0n) is 12.9. The van der Waals surface area contributed by atoms with Crippen LogP contribution in [0.1, 0.15) is 10.4 Å². The Morgan fingerprint density at radius 3 is 2.72 bits per heavy atom. The number of halogens is 1. The minimum Gasteiger partial charge on any atom is -0.493 e. The lowest BCUT2D eigenvalue weighted by molar-refractivity contribution is -0.384. The molecule has 0 atom stereocenters. The number of amides is 1. The minimum absolute atomic E-state index is 0.0171. The first-order valence-corrected chi connectivity index (χ1v) is 7.43. The van der Waals surface area contributed by atoms with Crippen molar-refractivity contribution in [2.24, 2.45) is 17.3 Å². The number of carbonyl (C=O) groups excluding carboxylic acids is 1. The number of nitro benzene ring substituents is 1. The maximum atomic E-state index is 12.1. The Morgan fingerprint density at radius 1 is 1.28 bits per heavy atom. The fraction of sp³-hybridized carbons (Fsp3) is 0.0625. The third kappa shape index (κ3) is 3.07. The van der Waals surface area contributed by atoms with E-state index in [4.69, 9.17) is 11.6 Å². The molecule has 2 aromatic carbocycles. The second-order valence-electron chi connectivity index (χ2n) is 5.21. The largest absolute Gasteiger partial charge is 0.493 e. The lowest BCUT2D eigenvalue weighted by Crippen LogP contribution is -1.92. The molecule has 0 aliphatic carbocycles. The second kappa shape index (κ2) is 6.33. The molecular formula is C16H11ClN4O4. The fourth-order valence-corrected chi connectivity index (χ4v) is 2.58. The summed E-state index contributed by atoms with van der Waals surface area (Å²) >= 11 is 5.83. The van der Waals surface area contributed by atoms with Crippen LogP contribution in [-0.4, -0.2) is 20.5 Å². The molecule has 0 aliphatic heterocycles. The molecule has 1 amide bonds. The molecule has 126 valence electrons. The van der Waals surface area contributed by atoms with Crippen LogP contribution < -0.4 is 0 Å². The Balaban J connectivity index is 2.05. The molecular weight excluding hydrogens is 348 g/mol. The van der Waals surface area contributed by atoms with E-state index in [1.165, 1.54) is 34.9 Å². The van der Waals surface area contributed by atoms with Gasteiger partial charge < -0.3 is 9.67 Å². The maximum Gasteiger partial charge on any atom is 0.295 e. The van der Waals surface area contributed by atoms with Gasteiger partial charge in [0, 0.05) is 35.2 Å². The van der Waals surface area contributed by atoms with Crippen LogP contribution in [0.3, 0.4) is 0 Å². The molecule has 0 aliphatic rings. The quantitative estimate of drug-likeness (QED) is 0.425. The highest BCUT2D eigenvalue weighted by atomic mass is 35.5. The number of azo groups is 1. The van der Waals surface area contributed by atoms with E-state index in [1.807, 2.05) is 0 Å². The highest BCUT2D eigenvalue weighted by Gasteiger charge is 2.18. The van der Waals surface area contributed by atoms with E-state index in [9.17, 15) is 20.0 Å². The Labute approximate surface area is 146 Å². The van der Waals surface area contributed by atoms with Gasteiger partial charge in [-0.3, -0.25) is 14.9 Å². The molecule has 0 saturated carbocycles. The number of benzene rings is 2. The van der Waals surface area contributed by atoms with Crippen LogP contribution in [0, 0.1) is 10.1 Å². The Hall–Kier alpha value is -3.26. The van der Waals surface area contributed by atoms with Gasteiger partial charge in [-0.15, -0.1) is 10.2 Å². The summed E-state index contributed by atoms with van der Waals surface area (Å²) in [7, 11) is 1.57. The van der Waals surface area contributed by atoms with Crippen molar-refractivity contribution in [2.45, 2.75) is 0 Å². The van der Waals surface area contributed by atoms with Gasteiger partial charge in [0.1, 0.15) is 0 Å². The van der Waals surface area contributed by atoms with Crippen molar-refractivity contribution in [3.63, 3.8) is 0 Å². The molecule has 0 unspecified atom stereocenters. The van der Waals surface area contributed by atoms with E-state index in [2.05, 4.69) is 10.2 Å². The van der Waals surface area contributed by atoms with Crippen molar-refractivity contribution >= 4 is 39.8 Å². The molecule has 0 saturated heterocycles. The molecule has 3 aromatic rings. The zero-order chi connectivity index (χ0) is 18.1. The third-order valence-corrected chi connectivity index (χ3v) is 3.88. The molecule has 8 nitrogen and oxygen atoms in total. The van der Waals surface area contributed by atoms with Gasteiger partial charge in [-0.05, 0) is 24.3 Å². The molecule has 9 heteroatoms. The summed E-state index contributed by atoms with van der Waals surface area (Å²) in [5.74, 6) is -0.900. The van der Waals surface area contributed by atoms with E-state index < -0.39 is 10.8 Å². The Morgan fingerprint density at radius 2 is 2.04 bits per heavy atom. The molecule has 3 rings (SSSR count). The summed E-state index contributed by atoms with van der Waals surface area (Å²) in [5.41, 5.74) is 0.585. The van der Waals surface area contributed by atoms with Gasteiger partial charge in [-0.1, -0.05) is 17.7 Å². The standard InChI is InChI=1S/C16H11ClN4O4/c1-20-13-6-5-11(21(24)25)8-12(13)14(16(20)23)18-19-15(22)9-3-2-4-10(17)7-9/h2-8,23H,1H3. The molecule has 1 aromatic heterocycles. The summed E-state index contributed by atoms with van der Waals surface area (Å²) in [6, 6.07) is 10.3. The number of carbonyl (C=O) groups is 1. The summed E-state index contributed by atoms with van der Waals surface area (Å²) in [6.45, 7) is 0. The number of hydrogen-bond acceptors (Lipinski definition) is 5. The summed E-state index contributed by atoms with van der Waals surface area (Å²) in [5, 5.41) is 29.2. The predicted octanol–water partition coefficient (Wildman–Crippen LogP) is 4.37. The number of nitrogens with zero attached hydrogens (tertiary/aromatic N) is 4. The predicted molar refractivity (Wildman–Crippen MR) is 91.5 cm³/mol. The zero-order valence-corrected chi connectivity index (χ0v) is 13.6. The first kappa shape index (κ1) is 16.6. The maximum absolute atomic E-state index is 12.1. The Kier molecular flexibility index (Phi) is 4.20. The number of hydrogen-bond donors (Lipinski definition) is 1. The van der Waals surface area contributed by atoms with Crippen molar-refractivity contribution in [3.8, 4) is 5.88 Å². The number of aromatic hydroxyl groups is 1. The smallest absolute Gasteiger partial charge is 0.295 e. The highest BCUT2D eigenvalue weighted by molar-refractivity contribution is 6.30. The normalized spacial score (nSPS) is 11.3. The summed E-state index contributed by atoms with van der Waals surface area (Å²) in [6.07, 6.45) is 0. The average Bonchev–Trinajstić information content (AvgIpc) is 2.83. The molecule has 0 bridgehead atoms. The van der Waals surface area contributed by atoms with E-state index in [0.717, 1.165) is 0 Å². The molecule has 1 N–H and O–H groups in total. The van der Waals surface area contributed by atoms with E-state index in [1.54, 1.807) is 19.2 Å². The van der Waals surface area contributed by atoms with Gasteiger partial charge in [0.05, 0.1) is 10.4 Å². The van der Waals surface area contributed by atoms with Crippen LogP contribution in [0.4, 0.5) is 11.4 Å². The topological polar surface area (TPSA) is 110 Å². The van der Waals surface area contributed by atoms with Gasteiger partial charge in [0.2, 0.25) is 5.88 Å². The highest BCUT2D eigenvalue weighted by Crippen LogP contribution is 2.39. The number of rotatable bonds is 3. The number of aryl methyl sites for hydroxylation is 1. The first-order valence-electron chi connectivity index (χ1n) is 7.06. The van der Waals surface area contributed by atoms with Crippen LogP contribution in [0.15, 0.2) is 52.7 Å². The summed E-state index contributed by atoms with van der Waals surface area (Å²) < 4.78 is 1.40. The fourth-order valence-electron chi connectivity index (χ4n) is 2.39. The van der Waals surface area contributed by atoms with Gasteiger partial charge in [0.25, 0.3) is 11.6 Å². The van der Waals surface area contributed by atoms with Crippen LogP contribution in [-0.2, 0) is 7.05 Å². The summed E-state index contributed by atoms with van der Waals surface area (Å²) in [4.78, 5) is 22.5. The minimum atomic E-state index is -0.649. The third-order valence-electron chi connectivity index (χ3n) is 3.65. The van der Waals surface area contributed by atoms with E-state index >= 15 is 0 Å². The van der Waals surface area contributed by atoms with Crippen molar-refractivity contribution < 1.29 is 14.8 Å². The number of aromatic nitrogens is 1. The molecule has 25 heavy (non-hydrogen) atoms. The van der Waals surface area contributed by atoms with E-state index in [-0.39, 0.29) is 22.8 Å². The molecule has 1 heterocycles. The van der Waals surface area contributed by atoms with Crippen LogP contribution in [0.25, 0.3) is 10.9 Å². The second-order valence-corrected chi connectivity index (χ2v) is 5.64. The molecule has 0 spiro atoms. The lowest BCUT2D eigenvalue weighted by Gasteiger charge is -1.96. The van der Waals surface area contributed by atoms with Crippen molar-refractivity contribution in [3.05, 3.63) is 63.2 Å². The Bertz CT molecular complexity index is 1040. The first-order chi connectivity index (χ1) is 11.9. The number of nitro groups is 1.